The monoisotopic (exact) mass is 278 g/mol. The van der Waals surface area contributed by atoms with Crippen LogP contribution in [0, 0.1) is 23.7 Å². The molecule has 4 saturated carbocycles. The molecular weight excluding hydrogens is 265 g/mol. The van der Waals surface area contributed by atoms with Crippen LogP contribution in [0.4, 0.5) is 0 Å². The molecule has 4 bridgehead atoms. The molecule has 4 aliphatic rings. The third-order valence-corrected chi connectivity index (χ3v) is 3.73. The van der Waals surface area contributed by atoms with Gasteiger partial charge in [0, 0.05) is 0 Å². The van der Waals surface area contributed by atoms with Gasteiger partial charge in [0.05, 0.1) is 0 Å². The standard InChI is InChI=1S/C10H15.BrH.Zn/c1-7-2-9-4-8(1)5-10(3-7)6-9;;/h7-9H,1-6H2;1H;/q-1;;+2/p-1. The van der Waals surface area contributed by atoms with Crippen LogP contribution in [-0.2, 0) is 19.5 Å². The van der Waals surface area contributed by atoms with E-state index in [2.05, 4.69) is 0 Å². The summed E-state index contributed by atoms with van der Waals surface area (Å²) in [6.07, 6.45) is 9.31. The fourth-order valence-corrected chi connectivity index (χ4v) is 3.68. The molecule has 0 radical (unpaired) electrons. The van der Waals surface area contributed by atoms with Crippen molar-refractivity contribution in [2.75, 3.05) is 0 Å². The predicted octanol–water partition coefficient (Wildman–Crippen LogP) is -0.208. The quantitative estimate of drug-likeness (QED) is 0.426. The molecule has 0 saturated heterocycles. The minimum absolute atomic E-state index is 0. The van der Waals surface area contributed by atoms with Crippen molar-refractivity contribution in [3.8, 4) is 0 Å². The zero-order chi connectivity index (χ0) is 6.55. The van der Waals surface area contributed by atoms with E-state index in [1.54, 1.807) is 19.3 Å². The van der Waals surface area contributed by atoms with Crippen molar-refractivity contribution in [1.29, 1.82) is 0 Å². The van der Waals surface area contributed by atoms with Crippen molar-refractivity contribution < 1.29 is 36.5 Å². The van der Waals surface area contributed by atoms with E-state index in [1.165, 1.54) is 19.3 Å². The van der Waals surface area contributed by atoms with Crippen LogP contribution in [0.15, 0.2) is 0 Å². The molecule has 0 aromatic heterocycles. The molecule has 0 unspecified atom stereocenters. The van der Waals surface area contributed by atoms with E-state index in [4.69, 9.17) is 0 Å². The molecule has 0 spiro atoms. The molecule has 0 N–H and O–H groups in total. The molecule has 0 aromatic rings. The average molecular weight is 281 g/mol. The van der Waals surface area contributed by atoms with Gasteiger partial charge in [-0.25, -0.2) is 0 Å². The Balaban J connectivity index is 0.000000360. The normalized spacial score (nSPS) is 43.5. The first kappa shape index (κ1) is 11.2. The van der Waals surface area contributed by atoms with Crippen LogP contribution in [0.25, 0.3) is 0 Å². The number of hydrogen-bond acceptors (Lipinski definition) is 0. The van der Waals surface area contributed by atoms with E-state index in [0.29, 0.717) is 0 Å². The van der Waals surface area contributed by atoms with Crippen molar-refractivity contribution in [2.24, 2.45) is 17.8 Å². The Labute approximate surface area is 98.4 Å². The Bertz CT molecular complexity index is 101. The van der Waals surface area contributed by atoms with Gasteiger partial charge in [0.2, 0.25) is 0 Å². The van der Waals surface area contributed by atoms with E-state index in [0.717, 1.165) is 17.8 Å². The third kappa shape index (κ3) is 1.80. The first-order chi connectivity index (χ1) is 4.90. The summed E-state index contributed by atoms with van der Waals surface area (Å²) in [4.78, 5) is 0. The van der Waals surface area contributed by atoms with Gasteiger partial charge in [0.15, 0.2) is 0 Å². The topological polar surface area (TPSA) is 0 Å². The van der Waals surface area contributed by atoms with E-state index in [1.807, 2.05) is 5.92 Å². The maximum absolute atomic E-state index is 1.93. The first-order valence-electron chi connectivity index (χ1n) is 4.73. The average Bonchev–Trinajstić information content (AvgIpc) is 1.82. The molecule has 0 atom stereocenters. The molecule has 0 aromatic carbocycles. The number of rotatable bonds is 0. The van der Waals surface area contributed by atoms with Gasteiger partial charge in [-0.3, -0.25) is 0 Å². The van der Waals surface area contributed by atoms with Gasteiger partial charge >= 0.3 is 19.5 Å². The van der Waals surface area contributed by atoms with Crippen LogP contribution in [0.3, 0.4) is 0 Å². The molecule has 2 heteroatoms. The summed E-state index contributed by atoms with van der Waals surface area (Å²) in [6, 6.07) is 0. The van der Waals surface area contributed by atoms with Crippen LogP contribution in [0.1, 0.15) is 38.5 Å². The zero-order valence-corrected chi connectivity index (χ0v) is 12.1. The molecule has 4 aliphatic carbocycles. The largest absolute Gasteiger partial charge is 2.00 e. The summed E-state index contributed by atoms with van der Waals surface area (Å²) in [7, 11) is 0. The summed E-state index contributed by atoms with van der Waals surface area (Å²) in [5, 5.41) is 0. The van der Waals surface area contributed by atoms with Gasteiger partial charge in [0.25, 0.3) is 0 Å². The van der Waals surface area contributed by atoms with Gasteiger partial charge < -0.3 is 22.9 Å². The van der Waals surface area contributed by atoms with E-state index in [-0.39, 0.29) is 36.5 Å². The molecule has 0 aliphatic heterocycles. The van der Waals surface area contributed by atoms with Crippen molar-refractivity contribution >= 4 is 0 Å². The van der Waals surface area contributed by atoms with Crippen molar-refractivity contribution in [3.05, 3.63) is 5.92 Å². The van der Waals surface area contributed by atoms with Gasteiger partial charge in [-0.2, -0.15) is 19.3 Å². The minimum atomic E-state index is 0. The molecule has 12 heavy (non-hydrogen) atoms. The summed E-state index contributed by atoms with van der Waals surface area (Å²) in [5.74, 6) is 5.35. The van der Waals surface area contributed by atoms with Gasteiger partial charge in [-0.15, -0.1) is 0 Å². The molecule has 0 nitrogen and oxygen atoms in total. The number of halogens is 1. The molecule has 0 amide bonds. The second-order valence-electron chi connectivity index (χ2n) is 4.67. The Morgan fingerprint density at radius 3 is 1.33 bits per heavy atom. The molecule has 0 heterocycles. The summed E-state index contributed by atoms with van der Waals surface area (Å²) in [5.41, 5.74) is 0. The van der Waals surface area contributed by atoms with Crippen LogP contribution in [-0.4, -0.2) is 0 Å². The van der Waals surface area contributed by atoms with Crippen molar-refractivity contribution in [3.63, 3.8) is 0 Å². The summed E-state index contributed by atoms with van der Waals surface area (Å²) < 4.78 is 0. The van der Waals surface area contributed by atoms with E-state index in [9.17, 15) is 0 Å². The molecular formula is C10H15BrZn. The molecule has 4 rings (SSSR count). The maximum Gasteiger partial charge on any atom is 2.00 e. The maximum atomic E-state index is 1.93. The Morgan fingerprint density at radius 1 is 0.750 bits per heavy atom. The Hall–Kier alpha value is 1.10. The van der Waals surface area contributed by atoms with Crippen LogP contribution in [0.5, 0.6) is 0 Å². The smallest absolute Gasteiger partial charge is 1.00 e. The SMILES string of the molecule is C1[C-]2CC3CC1CC(C2)C3.[Br-].[Zn+2]. The summed E-state index contributed by atoms with van der Waals surface area (Å²) in [6.45, 7) is 0. The van der Waals surface area contributed by atoms with E-state index >= 15 is 0 Å². The van der Waals surface area contributed by atoms with Crippen molar-refractivity contribution in [1.82, 2.24) is 0 Å². The molecule has 64 valence electrons. The van der Waals surface area contributed by atoms with Gasteiger partial charge in [0.1, 0.15) is 0 Å². The first-order valence-corrected chi connectivity index (χ1v) is 4.73. The minimum Gasteiger partial charge on any atom is -1.00 e. The second kappa shape index (κ2) is 4.09. The zero-order valence-electron chi connectivity index (χ0n) is 7.56. The van der Waals surface area contributed by atoms with E-state index < -0.39 is 0 Å². The number of hydrogen-bond donors (Lipinski definition) is 0. The predicted molar refractivity (Wildman–Crippen MR) is 41.4 cm³/mol. The van der Waals surface area contributed by atoms with Crippen LogP contribution >= 0.6 is 0 Å². The van der Waals surface area contributed by atoms with Crippen LogP contribution < -0.4 is 17.0 Å². The molecule has 4 fully saturated rings. The van der Waals surface area contributed by atoms with Gasteiger partial charge in [-0.1, -0.05) is 37.0 Å². The van der Waals surface area contributed by atoms with Crippen molar-refractivity contribution in [2.45, 2.75) is 38.5 Å². The Kier molecular flexibility index (Phi) is 3.81. The second-order valence-corrected chi connectivity index (χ2v) is 4.67. The third-order valence-electron chi connectivity index (χ3n) is 3.73. The summed E-state index contributed by atoms with van der Waals surface area (Å²) >= 11 is 0. The van der Waals surface area contributed by atoms with Crippen LogP contribution in [0.2, 0.25) is 0 Å². The Morgan fingerprint density at radius 2 is 1.08 bits per heavy atom. The van der Waals surface area contributed by atoms with Gasteiger partial charge in [-0.05, 0) is 0 Å². The fraction of sp³-hybridized carbons (Fsp3) is 0.900. The fourth-order valence-electron chi connectivity index (χ4n) is 3.68.